The summed E-state index contributed by atoms with van der Waals surface area (Å²) in [7, 11) is 0. The number of benzene rings is 1. The zero-order chi connectivity index (χ0) is 11.8. The highest BCUT2D eigenvalue weighted by Crippen LogP contribution is 2.39. The molecule has 0 amide bonds. The molecule has 0 bridgehead atoms. The zero-order valence-electron chi connectivity index (χ0n) is 9.69. The standard InChI is InChI=1S/C13H17BrFN/c1-13(2)7-3-4-12(13)16-11-8-9(14)5-6-10(11)15/h5-6,8,12,16H,3-4,7H2,1-2H3. The third-order valence-electron chi connectivity index (χ3n) is 3.52. The number of hydrogen-bond acceptors (Lipinski definition) is 1. The predicted molar refractivity (Wildman–Crippen MR) is 69.1 cm³/mol. The van der Waals surface area contributed by atoms with Crippen LogP contribution in [0.1, 0.15) is 33.1 Å². The van der Waals surface area contributed by atoms with E-state index in [0.717, 1.165) is 10.9 Å². The van der Waals surface area contributed by atoms with E-state index in [0.29, 0.717) is 11.7 Å². The van der Waals surface area contributed by atoms with Crippen molar-refractivity contribution >= 4 is 21.6 Å². The van der Waals surface area contributed by atoms with E-state index in [1.54, 1.807) is 6.07 Å². The van der Waals surface area contributed by atoms with Crippen molar-refractivity contribution in [1.29, 1.82) is 0 Å². The van der Waals surface area contributed by atoms with Crippen molar-refractivity contribution in [3.05, 3.63) is 28.5 Å². The first-order chi connectivity index (χ1) is 7.49. The van der Waals surface area contributed by atoms with Crippen molar-refractivity contribution < 1.29 is 4.39 Å². The van der Waals surface area contributed by atoms with Gasteiger partial charge in [0.15, 0.2) is 0 Å². The molecule has 3 heteroatoms. The van der Waals surface area contributed by atoms with E-state index in [-0.39, 0.29) is 11.2 Å². The minimum Gasteiger partial charge on any atom is -0.379 e. The topological polar surface area (TPSA) is 12.0 Å². The van der Waals surface area contributed by atoms with Gasteiger partial charge in [-0.15, -0.1) is 0 Å². The lowest BCUT2D eigenvalue weighted by Gasteiger charge is -2.28. The first-order valence-electron chi connectivity index (χ1n) is 5.71. The second-order valence-electron chi connectivity index (χ2n) is 5.20. The van der Waals surface area contributed by atoms with Crippen LogP contribution in [0.3, 0.4) is 0 Å². The summed E-state index contributed by atoms with van der Waals surface area (Å²) in [5.74, 6) is -0.175. The maximum absolute atomic E-state index is 13.6. The molecule has 0 saturated heterocycles. The Labute approximate surface area is 105 Å². The van der Waals surface area contributed by atoms with Gasteiger partial charge in [0, 0.05) is 10.5 Å². The van der Waals surface area contributed by atoms with Gasteiger partial charge in [-0.1, -0.05) is 36.2 Å². The van der Waals surface area contributed by atoms with E-state index >= 15 is 0 Å². The lowest BCUT2D eigenvalue weighted by atomic mass is 9.87. The van der Waals surface area contributed by atoms with Gasteiger partial charge in [0.2, 0.25) is 0 Å². The van der Waals surface area contributed by atoms with Crippen molar-refractivity contribution in [2.75, 3.05) is 5.32 Å². The lowest BCUT2D eigenvalue weighted by molar-refractivity contribution is 0.349. The molecule has 1 aliphatic rings. The molecule has 0 radical (unpaired) electrons. The summed E-state index contributed by atoms with van der Waals surface area (Å²) in [4.78, 5) is 0. The maximum Gasteiger partial charge on any atom is 0.146 e. The largest absolute Gasteiger partial charge is 0.379 e. The van der Waals surface area contributed by atoms with Gasteiger partial charge in [0.05, 0.1) is 5.69 Å². The molecule has 1 fully saturated rings. The molecule has 0 aliphatic heterocycles. The molecule has 88 valence electrons. The minimum atomic E-state index is -0.175. The number of hydrogen-bond donors (Lipinski definition) is 1. The molecular weight excluding hydrogens is 269 g/mol. The van der Waals surface area contributed by atoms with Crippen LogP contribution in [0.15, 0.2) is 22.7 Å². The molecule has 1 aromatic carbocycles. The highest BCUT2D eigenvalue weighted by molar-refractivity contribution is 9.10. The lowest BCUT2D eigenvalue weighted by Crippen LogP contribution is -2.31. The second-order valence-corrected chi connectivity index (χ2v) is 6.12. The summed E-state index contributed by atoms with van der Waals surface area (Å²) in [6, 6.07) is 5.40. The average Bonchev–Trinajstić information content (AvgIpc) is 2.52. The fraction of sp³-hybridized carbons (Fsp3) is 0.538. The molecule has 1 nitrogen and oxygen atoms in total. The number of nitrogens with one attached hydrogen (secondary N) is 1. The summed E-state index contributed by atoms with van der Waals surface area (Å²) in [6.45, 7) is 4.49. The fourth-order valence-corrected chi connectivity index (χ4v) is 2.75. The monoisotopic (exact) mass is 285 g/mol. The molecule has 1 atom stereocenters. The Balaban J connectivity index is 2.17. The Kier molecular flexibility index (Phi) is 3.24. The van der Waals surface area contributed by atoms with Gasteiger partial charge in [-0.3, -0.25) is 0 Å². The smallest absolute Gasteiger partial charge is 0.146 e. The van der Waals surface area contributed by atoms with Crippen LogP contribution in [0.4, 0.5) is 10.1 Å². The number of halogens is 2. The van der Waals surface area contributed by atoms with Crippen LogP contribution in [0.2, 0.25) is 0 Å². The molecule has 1 saturated carbocycles. The molecule has 1 aromatic rings. The number of rotatable bonds is 2. The van der Waals surface area contributed by atoms with Gasteiger partial charge in [0.25, 0.3) is 0 Å². The van der Waals surface area contributed by atoms with E-state index in [1.165, 1.54) is 18.9 Å². The Morgan fingerprint density at radius 2 is 2.19 bits per heavy atom. The summed E-state index contributed by atoms with van der Waals surface area (Å²) in [5.41, 5.74) is 0.865. The van der Waals surface area contributed by atoms with E-state index in [1.807, 2.05) is 6.07 Å². The van der Waals surface area contributed by atoms with Crippen LogP contribution in [0.5, 0.6) is 0 Å². The van der Waals surface area contributed by atoms with E-state index < -0.39 is 0 Å². The maximum atomic E-state index is 13.6. The first-order valence-corrected chi connectivity index (χ1v) is 6.50. The molecular formula is C13H17BrFN. The van der Waals surface area contributed by atoms with Crippen LogP contribution in [-0.4, -0.2) is 6.04 Å². The molecule has 0 heterocycles. The highest BCUT2D eigenvalue weighted by atomic mass is 79.9. The summed E-state index contributed by atoms with van der Waals surface area (Å²) >= 11 is 3.37. The van der Waals surface area contributed by atoms with Gasteiger partial charge >= 0.3 is 0 Å². The van der Waals surface area contributed by atoms with Gasteiger partial charge in [-0.05, 0) is 36.5 Å². The van der Waals surface area contributed by atoms with E-state index in [2.05, 4.69) is 35.1 Å². The van der Waals surface area contributed by atoms with E-state index in [9.17, 15) is 4.39 Å². The van der Waals surface area contributed by atoms with Crippen molar-refractivity contribution in [1.82, 2.24) is 0 Å². The Bertz CT molecular complexity index is 390. The highest BCUT2D eigenvalue weighted by Gasteiger charge is 2.34. The van der Waals surface area contributed by atoms with Gasteiger partial charge in [0.1, 0.15) is 5.82 Å². The number of anilines is 1. The third-order valence-corrected chi connectivity index (χ3v) is 4.01. The minimum absolute atomic E-state index is 0.175. The van der Waals surface area contributed by atoms with Crippen LogP contribution in [0, 0.1) is 11.2 Å². The van der Waals surface area contributed by atoms with Gasteiger partial charge < -0.3 is 5.32 Å². The van der Waals surface area contributed by atoms with Crippen molar-refractivity contribution in [3.63, 3.8) is 0 Å². The van der Waals surface area contributed by atoms with Crippen molar-refractivity contribution in [2.45, 2.75) is 39.2 Å². The Hall–Kier alpha value is -0.570. The van der Waals surface area contributed by atoms with Crippen LogP contribution >= 0.6 is 15.9 Å². The van der Waals surface area contributed by atoms with Gasteiger partial charge in [-0.2, -0.15) is 0 Å². The van der Waals surface area contributed by atoms with E-state index in [4.69, 9.17) is 0 Å². The molecule has 0 aromatic heterocycles. The summed E-state index contributed by atoms with van der Waals surface area (Å²) in [6.07, 6.45) is 3.56. The van der Waals surface area contributed by atoms with Crippen LogP contribution in [-0.2, 0) is 0 Å². The fourth-order valence-electron chi connectivity index (χ4n) is 2.39. The van der Waals surface area contributed by atoms with Crippen molar-refractivity contribution in [2.24, 2.45) is 5.41 Å². The summed E-state index contributed by atoms with van der Waals surface area (Å²) < 4.78 is 14.5. The Morgan fingerprint density at radius 1 is 1.44 bits per heavy atom. The quantitative estimate of drug-likeness (QED) is 0.839. The molecule has 16 heavy (non-hydrogen) atoms. The molecule has 1 aliphatic carbocycles. The first kappa shape index (κ1) is 11.9. The molecule has 1 N–H and O–H groups in total. The predicted octanol–water partition coefficient (Wildman–Crippen LogP) is 4.58. The molecule has 1 unspecified atom stereocenters. The second kappa shape index (κ2) is 4.36. The third kappa shape index (κ3) is 2.40. The molecule has 0 spiro atoms. The summed E-state index contributed by atoms with van der Waals surface area (Å²) in [5, 5.41) is 3.34. The normalized spacial score (nSPS) is 23.4. The zero-order valence-corrected chi connectivity index (χ0v) is 11.3. The van der Waals surface area contributed by atoms with Crippen LogP contribution < -0.4 is 5.32 Å². The average molecular weight is 286 g/mol. The van der Waals surface area contributed by atoms with Crippen molar-refractivity contribution in [3.8, 4) is 0 Å². The molecule has 2 rings (SSSR count). The Morgan fingerprint density at radius 3 is 2.81 bits per heavy atom. The van der Waals surface area contributed by atoms with Gasteiger partial charge in [-0.25, -0.2) is 4.39 Å². The SMILES string of the molecule is CC1(C)CCCC1Nc1cc(Br)ccc1F. The van der Waals surface area contributed by atoms with Crippen LogP contribution in [0.25, 0.3) is 0 Å².